The average molecular weight is 159 g/mol. The molecular formula is C3H9N7O. The zero-order valence-electron chi connectivity index (χ0n) is 5.61. The Labute approximate surface area is 62.3 Å². The summed E-state index contributed by atoms with van der Waals surface area (Å²) in [7, 11) is 0. The molecule has 0 unspecified atom stereocenters. The highest BCUT2D eigenvalue weighted by Crippen LogP contribution is 1.55. The lowest BCUT2D eigenvalue weighted by Crippen LogP contribution is -2.43. The molecule has 0 aliphatic carbocycles. The molecule has 1 rings (SSSR count). The molecule has 1 heterocycles. The second-order valence-electron chi connectivity index (χ2n) is 1.27. The van der Waals surface area contributed by atoms with E-state index in [0.717, 1.165) is 0 Å². The summed E-state index contributed by atoms with van der Waals surface area (Å²) in [6.45, 7) is 0. The second kappa shape index (κ2) is 6.45. The van der Waals surface area contributed by atoms with E-state index in [9.17, 15) is 4.79 Å². The van der Waals surface area contributed by atoms with Gasteiger partial charge in [0.05, 0.1) is 12.4 Å². The first kappa shape index (κ1) is 9.33. The summed E-state index contributed by atoms with van der Waals surface area (Å²) in [5, 5.41) is 9.33. The number of carbonyl (C=O) groups is 1. The van der Waals surface area contributed by atoms with Gasteiger partial charge in [0.15, 0.2) is 0 Å². The van der Waals surface area contributed by atoms with E-state index in [0.29, 0.717) is 0 Å². The van der Waals surface area contributed by atoms with Gasteiger partial charge in [-0.2, -0.15) is 15.4 Å². The number of amides is 2. The fourth-order valence-electron chi connectivity index (χ4n) is 0.208. The molecule has 0 saturated carbocycles. The Morgan fingerprint density at radius 2 is 1.73 bits per heavy atom. The number of aromatic amines is 1. The third-order valence-electron chi connectivity index (χ3n) is 0.593. The Kier molecular flexibility index (Phi) is 5.47. The molecule has 8 heteroatoms. The summed E-state index contributed by atoms with van der Waals surface area (Å²) < 4.78 is 0. The Hall–Kier alpha value is -1.67. The number of nitrogens with one attached hydrogen (secondary N) is 3. The van der Waals surface area contributed by atoms with Crippen molar-refractivity contribution in [3.05, 3.63) is 12.4 Å². The molecule has 0 spiro atoms. The number of H-pyrrole nitrogens is 1. The third kappa shape index (κ3) is 6.21. The first-order chi connectivity index (χ1) is 5.31. The minimum absolute atomic E-state index is 0.602. The predicted molar refractivity (Wildman–Crippen MR) is 36.4 cm³/mol. The molecule has 0 saturated heterocycles. The zero-order valence-corrected chi connectivity index (χ0v) is 5.61. The lowest BCUT2D eigenvalue weighted by molar-refractivity contribution is 0.241. The first-order valence-electron chi connectivity index (χ1n) is 2.58. The number of carbonyl (C=O) groups excluding carboxylic acids is 1. The van der Waals surface area contributed by atoms with Gasteiger partial charge in [-0.25, -0.2) is 16.5 Å². The third-order valence-corrected chi connectivity index (χ3v) is 0.593. The number of urea groups is 1. The maximum atomic E-state index is 9.71. The highest BCUT2D eigenvalue weighted by atomic mass is 16.2. The standard InChI is InChI=1S/C2H3N3.CH6N4O/c1-2-4-5-3-1;2-4-1(6)5-3/h1-2H,(H,3,4,5);2-3H2,(H2,4,5,6). The summed E-state index contributed by atoms with van der Waals surface area (Å²) in [5.74, 6) is 9.08. The Bertz CT molecular complexity index is 149. The molecule has 0 aromatic carbocycles. The zero-order chi connectivity index (χ0) is 8.53. The quantitative estimate of drug-likeness (QED) is 0.167. The summed E-state index contributed by atoms with van der Waals surface area (Å²) >= 11 is 0. The molecule has 0 atom stereocenters. The van der Waals surface area contributed by atoms with E-state index in [1.165, 1.54) is 0 Å². The van der Waals surface area contributed by atoms with E-state index in [1.807, 2.05) is 0 Å². The van der Waals surface area contributed by atoms with Crippen molar-refractivity contribution in [2.24, 2.45) is 11.7 Å². The van der Waals surface area contributed by atoms with E-state index in [2.05, 4.69) is 27.1 Å². The number of rotatable bonds is 0. The number of nitrogens with zero attached hydrogens (tertiary/aromatic N) is 2. The molecule has 0 aliphatic heterocycles. The Balaban J connectivity index is 0.000000183. The van der Waals surface area contributed by atoms with Crippen LogP contribution in [0.2, 0.25) is 0 Å². The van der Waals surface area contributed by atoms with Crippen LogP contribution < -0.4 is 22.5 Å². The smallest absolute Gasteiger partial charge is 0.275 e. The molecule has 62 valence electrons. The number of hydrogen-bond acceptors (Lipinski definition) is 5. The minimum atomic E-state index is -0.602. The van der Waals surface area contributed by atoms with E-state index in [4.69, 9.17) is 0 Å². The maximum Gasteiger partial charge on any atom is 0.343 e. The van der Waals surface area contributed by atoms with Crippen molar-refractivity contribution in [1.29, 1.82) is 0 Å². The number of nitrogens with two attached hydrogens (primary N) is 2. The van der Waals surface area contributed by atoms with Crippen molar-refractivity contribution in [3.63, 3.8) is 0 Å². The highest BCUT2D eigenvalue weighted by molar-refractivity contribution is 5.72. The molecule has 1 aromatic heterocycles. The number of hydrazine groups is 2. The number of hydrogen-bond donors (Lipinski definition) is 5. The SMILES string of the molecule is NNC(=O)NN.c1cn[nH]n1. The normalized spacial score (nSPS) is 7.45. The molecule has 7 N–H and O–H groups in total. The molecular weight excluding hydrogens is 150 g/mol. The van der Waals surface area contributed by atoms with Crippen LogP contribution in [0.4, 0.5) is 4.79 Å². The largest absolute Gasteiger partial charge is 0.343 e. The highest BCUT2D eigenvalue weighted by Gasteiger charge is 1.83. The van der Waals surface area contributed by atoms with Gasteiger partial charge in [-0.1, -0.05) is 0 Å². The van der Waals surface area contributed by atoms with Gasteiger partial charge in [-0.15, -0.1) is 0 Å². The number of aromatic nitrogens is 3. The van der Waals surface area contributed by atoms with E-state index in [-0.39, 0.29) is 0 Å². The first-order valence-corrected chi connectivity index (χ1v) is 2.58. The van der Waals surface area contributed by atoms with Gasteiger partial charge >= 0.3 is 6.03 Å². The topological polar surface area (TPSA) is 135 Å². The fraction of sp³-hybridized carbons (Fsp3) is 0. The van der Waals surface area contributed by atoms with Crippen LogP contribution in [0.3, 0.4) is 0 Å². The maximum absolute atomic E-state index is 9.71. The van der Waals surface area contributed by atoms with Crippen molar-refractivity contribution >= 4 is 6.03 Å². The van der Waals surface area contributed by atoms with E-state index < -0.39 is 6.03 Å². The Morgan fingerprint density at radius 3 is 1.82 bits per heavy atom. The molecule has 8 nitrogen and oxygen atoms in total. The van der Waals surface area contributed by atoms with Crippen LogP contribution in [-0.2, 0) is 0 Å². The monoisotopic (exact) mass is 159 g/mol. The average Bonchev–Trinajstić information content (AvgIpc) is 2.60. The van der Waals surface area contributed by atoms with Crippen molar-refractivity contribution < 1.29 is 4.79 Å². The lowest BCUT2D eigenvalue weighted by Gasteiger charge is -1.90. The van der Waals surface area contributed by atoms with Gasteiger partial charge in [0, 0.05) is 0 Å². The van der Waals surface area contributed by atoms with Crippen molar-refractivity contribution in [3.8, 4) is 0 Å². The lowest BCUT2D eigenvalue weighted by atomic mass is 11.0. The van der Waals surface area contributed by atoms with Gasteiger partial charge in [0.25, 0.3) is 0 Å². The summed E-state index contributed by atoms with van der Waals surface area (Å²) in [4.78, 5) is 9.71. The van der Waals surface area contributed by atoms with Crippen LogP contribution in [0.1, 0.15) is 0 Å². The molecule has 0 fully saturated rings. The molecule has 11 heavy (non-hydrogen) atoms. The van der Waals surface area contributed by atoms with Crippen LogP contribution >= 0.6 is 0 Å². The van der Waals surface area contributed by atoms with Gasteiger partial charge in [-0.3, -0.25) is 10.9 Å². The van der Waals surface area contributed by atoms with E-state index >= 15 is 0 Å². The van der Waals surface area contributed by atoms with Crippen LogP contribution in [0.5, 0.6) is 0 Å². The minimum Gasteiger partial charge on any atom is -0.275 e. The van der Waals surface area contributed by atoms with Crippen LogP contribution in [-0.4, -0.2) is 21.4 Å². The Morgan fingerprint density at radius 1 is 1.27 bits per heavy atom. The van der Waals surface area contributed by atoms with Crippen LogP contribution in [0.15, 0.2) is 12.4 Å². The summed E-state index contributed by atoms with van der Waals surface area (Å²) in [6.07, 6.45) is 3.17. The molecule has 0 bridgehead atoms. The van der Waals surface area contributed by atoms with E-state index in [1.54, 1.807) is 23.2 Å². The molecule has 0 aliphatic rings. The van der Waals surface area contributed by atoms with Crippen molar-refractivity contribution in [2.45, 2.75) is 0 Å². The van der Waals surface area contributed by atoms with Crippen molar-refractivity contribution in [2.75, 3.05) is 0 Å². The fourth-order valence-corrected chi connectivity index (χ4v) is 0.208. The van der Waals surface area contributed by atoms with Gasteiger partial charge < -0.3 is 0 Å². The summed E-state index contributed by atoms with van der Waals surface area (Å²) in [5.41, 5.74) is 3.48. The molecule has 2 amide bonds. The van der Waals surface area contributed by atoms with Gasteiger partial charge in [0.2, 0.25) is 0 Å². The summed E-state index contributed by atoms with van der Waals surface area (Å²) in [6, 6.07) is -0.602. The second-order valence-corrected chi connectivity index (χ2v) is 1.27. The van der Waals surface area contributed by atoms with Gasteiger partial charge in [0.1, 0.15) is 0 Å². The molecule has 0 radical (unpaired) electrons. The predicted octanol–water partition coefficient (Wildman–Crippen LogP) is -2.16. The van der Waals surface area contributed by atoms with Gasteiger partial charge in [-0.05, 0) is 0 Å². The molecule has 1 aromatic rings. The van der Waals surface area contributed by atoms with Crippen LogP contribution in [0.25, 0.3) is 0 Å². The van der Waals surface area contributed by atoms with Crippen LogP contribution in [0, 0.1) is 0 Å². The van der Waals surface area contributed by atoms with Crippen molar-refractivity contribution in [1.82, 2.24) is 26.3 Å².